The first-order valence-corrected chi connectivity index (χ1v) is 7.23. The van der Waals surface area contributed by atoms with E-state index in [0.717, 1.165) is 11.3 Å². The second-order valence-electron chi connectivity index (χ2n) is 5.22. The van der Waals surface area contributed by atoms with Crippen LogP contribution in [-0.4, -0.2) is 15.7 Å². The fourth-order valence-corrected chi connectivity index (χ4v) is 2.26. The molecule has 0 radical (unpaired) electrons. The molecule has 3 rings (SSSR count). The van der Waals surface area contributed by atoms with E-state index >= 15 is 0 Å². The predicted octanol–water partition coefficient (Wildman–Crippen LogP) is 2.83. The van der Waals surface area contributed by atoms with Crippen LogP contribution < -0.4 is 5.56 Å². The summed E-state index contributed by atoms with van der Waals surface area (Å²) < 4.78 is 6.70. The number of esters is 1. The van der Waals surface area contributed by atoms with Crippen molar-refractivity contribution in [2.45, 2.75) is 13.5 Å². The van der Waals surface area contributed by atoms with Crippen molar-refractivity contribution in [1.82, 2.24) is 9.78 Å². The Kier molecular flexibility index (Phi) is 4.10. The molecule has 5 nitrogen and oxygen atoms in total. The average Bonchev–Trinajstić information content (AvgIpc) is 2.92. The maximum absolute atomic E-state index is 12.0. The number of nitrogens with one attached hydrogen (secondary N) is 1. The minimum atomic E-state index is -0.393. The number of aromatic nitrogens is 2. The average molecular weight is 308 g/mol. The summed E-state index contributed by atoms with van der Waals surface area (Å²) in [6.45, 7) is 2.05. The molecule has 1 N–H and O–H groups in total. The number of hydrogen-bond acceptors (Lipinski definition) is 3. The number of carbonyl (C=O) groups excluding carboxylic acids is 1. The Hall–Kier alpha value is -3.08. The largest absolute Gasteiger partial charge is 0.457 e. The van der Waals surface area contributed by atoms with Crippen LogP contribution in [0.4, 0.5) is 0 Å². The summed E-state index contributed by atoms with van der Waals surface area (Å²) in [5.41, 5.74) is 2.69. The zero-order valence-electron chi connectivity index (χ0n) is 12.7. The van der Waals surface area contributed by atoms with E-state index in [1.54, 1.807) is 24.3 Å². The van der Waals surface area contributed by atoms with Gasteiger partial charge in [0.2, 0.25) is 0 Å². The van der Waals surface area contributed by atoms with Crippen LogP contribution in [0.2, 0.25) is 0 Å². The van der Waals surface area contributed by atoms with Crippen molar-refractivity contribution in [1.29, 1.82) is 0 Å². The SMILES string of the molecule is Cc1cc(=O)n(-c2ccc(C(=O)OCc3ccccc3)cc2)[nH]1. The smallest absolute Gasteiger partial charge is 0.338 e. The van der Waals surface area contributed by atoms with Crippen LogP contribution in [0.1, 0.15) is 21.6 Å². The second kappa shape index (κ2) is 6.36. The van der Waals surface area contributed by atoms with Crippen molar-refractivity contribution in [2.24, 2.45) is 0 Å². The highest BCUT2D eigenvalue weighted by molar-refractivity contribution is 5.89. The molecule has 0 bridgehead atoms. The zero-order valence-corrected chi connectivity index (χ0v) is 12.7. The van der Waals surface area contributed by atoms with E-state index in [1.807, 2.05) is 37.3 Å². The van der Waals surface area contributed by atoms with E-state index in [4.69, 9.17) is 4.74 Å². The highest BCUT2D eigenvalue weighted by atomic mass is 16.5. The van der Waals surface area contributed by atoms with Gasteiger partial charge < -0.3 is 4.74 Å². The van der Waals surface area contributed by atoms with Gasteiger partial charge in [-0.1, -0.05) is 30.3 Å². The van der Waals surface area contributed by atoms with Crippen LogP contribution in [0, 0.1) is 6.92 Å². The number of aryl methyl sites for hydroxylation is 1. The van der Waals surface area contributed by atoms with E-state index in [-0.39, 0.29) is 12.2 Å². The highest BCUT2D eigenvalue weighted by Crippen LogP contribution is 2.10. The van der Waals surface area contributed by atoms with Crippen LogP contribution in [-0.2, 0) is 11.3 Å². The predicted molar refractivity (Wildman–Crippen MR) is 86.7 cm³/mol. The number of aromatic amines is 1. The van der Waals surface area contributed by atoms with E-state index in [1.165, 1.54) is 10.7 Å². The molecule has 0 saturated heterocycles. The van der Waals surface area contributed by atoms with Crippen LogP contribution in [0.3, 0.4) is 0 Å². The van der Waals surface area contributed by atoms with Gasteiger partial charge in [0.25, 0.3) is 5.56 Å². The van der Waals surface area contributed by atoms with Gasteiger partial charge in [0.1, 0.15) is 6.61 Å². The summed E-state index contributed by atoms with van der Waals surface area (Å²) >= 11 is 0. The first kappa shape index (κ1) is 14.8. The molecule has 23 heavy (non-hydrogen) atoms. The summed E-state index contributed by atoms with van der Waals surface area (Å²) in [6.07, 6.45) is 0. The Balaban J connectivity index is 1.70. The molecule has 0 aliphatic rings. The number of H-pyrrole nitrogens is 1. The van der Waals surface area contributed by atoms with Crippen LogP contribution in [0.5, 0.6) is 0 Å². The molecule has 0 amide bonds. The maximum Gasteiger partial charge on any atom is 0.338 e. The zero-order chi connectivity index (χ0) is 16.2. The lowest BCUT2D eigenvalue weighted by Gasteiger charge is -2.06. The normalized spacial score (nSPS) is 10.5. The van der Waals surface area contributed by atoms with Crippen molar-refractivity contribution < 1.29 is 9.53 Å². The molecule has 0 spiro atoms. The monoisotopic (exact) mass is 308 g/mol. The summed E-state index contributed by atoms with van der Waals surface area (Å²) in [6, 6.07) is 17.7. The third kappa shape index (κ3) is 3.40. The standard InChI is InChI=1S/C18H16N2O3/c1-13-11-17(21)20(19-13)16-9-7-15(8-10-16)18(22)23-12-14-5-3-2-4-6-14/h2-11,19H,12H2,1H3. The van der Waals surface area contributed by atoms with Gasteiger partial charge in [-0.25, -0.2) is 9.48 Å². The lowest BCUT2D eigenvalue weighted by Crippen LogP contribution is -2.13. The number of carbonyl (C=O) groups is 1. The Labute approximate surface area is 133 Å². The number of nitrogens with zero attached hydrogens (tertiary/aromatic N) is 1. The van der Waals surface area contributed by atoms with E-state index in [9.17, 15) is 9.59 Å². The minimum absolute atomic E-state index is 0.137. The molecule has 116 valence electrons. The van der Waals surface area contributed by atoms with Gasteiger partial charge in [-0.15, -0.1) is 0 Å². The molecule has 0 aliphatic heterocycles. The third-order valence-corrected chi connectivity index (χ3v) is 3.42. The van der Waals surface area contributed by atoms with E-state index < -0.39 is 5.97 Å². The molecule has 0 saturated carbocycles. The fourth-order valence-electron chi connectivity index (χ4n) is 2.26. The molecule has 2 aromatic carbocycles. The topological polar surface area (TPSA) is 64.1 Å². The van der Waals surface area contributed by atoms with Crippen LogP contribution in [0.25, 0.3) is 5.69 Å². The van der Waals surface area contributed by atoms with Gasteiger partial charge >= 0.3 is 5.97 Å². The summed E-state index contributed by atoms with van der Waals surface area (Å²) in [4.78, 5) is 23.8. The first-order chi connectivity index (χ1) is 11.1. The Morgan fingerprint density at radius 2 is 1.78 bits per heavy atom. The van der Waals surface area contributed by atoms with Gasteiger partial charge in [-0.3, -0.25) is 9.89 Å². The molecule has 1 aromatic heterocycles. The van der Waals surface area contributed by atoms with Gasteiger partial charge in [0.05, 0.1) is 11.3 Å². The van der Waals surface area contributed by atoms with Gasteiger partial charge in [-0.2, -0.15) is 0 Å². The Morgan fingerprint density at radius 1 is 1.09 bits per heavy atom. The van der Waals surface area contributed by atoms with Crippen molar-refractivity contribution in [2.75, 3.05) is 0 Å². The molecule has 0 atom stereocenters. The van der Waals surface area contributed by atoms with Crippen molar-refractivity contribution in [3.63, 3.8) is 0 Å². The van der Waals surface area contributed by atoms with E-state index in [0.29, 0.717) is 11.3 Å². The van der Waals surface area contributed by atoms with Gasteiger partial charge in [0, 0.05) is 11.8 Å². The van der Waals surface area contributed by atoms with Crippen LogP contribution >= 0.6 is 0 Å². The molecule has 1 heterocycles. The Bertz CT molecular complexity index is 861. The van der Waals surface area contributed by atoms with Gasteiger partial charge in [-0.05, 0) is 36.8 Å². The van der Waals surface area contributed by atoms with E-state index in [2.05, 4.69) is 5.10 Å². The summed E-state index contributed by atoms with van der Waals surface area (Å²) in [5.74, 6) is -0.393. The summed E-state index contributed by atoms with van der Waals surface area (Å²) in [5, 5.41) is 2.94. The molecular weight excluding hydrogens is 292 g/mol. The fraction of sp³-hybridized carbons (Fsp3) is 0.111. The van der Waals surface area contributed by atoms with Crippen LogP contribution in [0.15, 0.2) is 65.5 Å². The molecular formula is C18H16N2O3. The molecule has 0 aliphatic carbocycles. The first-order valence-electron chi connectivity index (χ1n) is 7.23. The summed E-state index contributed by atoms with van der Waals surface area (Å²) in [7, 11) is 0. The third-order valence-electron chi connectivity index (χ3n) is 3.42. The highest BCUT2D eigenvalue weighted by Gasteiger charge is 2.09. The van der Waals surface area contributed by atoms with Crippen molar-refractivity contribution >= 4 is 5.97 Å². The lowest BCUT2D eigenvalue weighted by atomic mass is 10.2. The molecule has 5 heteroatoms. The Morgan fingerprint density at radius 3 is 2.39 bits per heavy atom. The number of benzene rings is 2. The minimum Gasteiger partial charge on any atom is -0.457 e. The molecule has 0 unspecified atom stereocenters. The van der Waals surface area contributed by atoms with Crippen molar-refractivity contribution in [3.8, 4) is 5.69 Å². The lowest BCUT2D eigenvalue weighted by molar-refractivity contribution is 0.0472. The maximum atomic E-state index is 12.0. The van der Waals surface area contributed by atoms with Crippen molar-refractivity contribution in [3.05, 3.63) is 87.8 Å². The number of hydrogen-bond donors (Lipinski definition) is 1. The number of rotatable bonds is 4. The molecule has 3 aromatic rings. The quantitative estimate of drug-likeness (QED) is 0.754. The second-order valence-corrected chi connectivity index (χ2v) is 5.22. The number of ether oxygens (including phenoxy) is 1. The molecule has 0 fully saturated rings. The van der Waals surface area contributed by atoms with Gasteiger partial charge in [0.15, 0.2) is 0 Å².